The van der Waals surface area contributed by atoms with Crippen molar-refractivity contribution in [3.05, 3.63) is 63.1 Å². The summed E-state index contributed by atoms with van der Waals surface area (Å²) in [4.78, 5) is 54.2. The van der Waals surface area contributed by atoms with Gasteiger partial charge in [-0.3, -0.25) is 24.0 Å². The van der Waals surface area contributed by atoms with Gasteiger partial charge in [0.1, 0.15) is 0 Å². The Morgan fingerprint density at radius 2 is 1.97 bits per heavy atom. The molecule has 1 aromatic heterocycles. The van der Waals surface area contributed by atoms with Gasteiger partial charge >= 0.3 is 17.8 Å². The van der Waals surface area contributed by atoms with Gasteiger partial charge < -0.3 is 9.15 Å². The first-order valence-corrected chi connectivity index (χ1v) is 11.3. The van der Waals surface area contributed by atoms with Gasteiger partial charge in [-0.15, -0.1) is 0 Å². The number of methoxy groups -OCH3 is 1. The highest BCUT2D eigenvalue weighted by Crippen LogP contribution is 2.40. The monoisotopic (exact) mass is 483 g/mol. The Labute approximate surface area is 199 Å². The molecule has 10 heteroatoms. The number of urea groups is 1. The molecule has 2 atom stereocenters. The molecule has 2 heterocycles. The molecule has 176 valence electrons. The van der Waals surface area contributed by atoms with E-state index in [1.165, 1.54) is 16.6 Å². The number of aromatic nitrogens is 1. The number of anilines is 1. The van der Waals surface area contributed by atoms with Crippen LogP contribution in [0.1, 0.15) is 30.0 Å². The van der Waals surface area contributed by atoms with Gasteiger partial charge in [-0.25, -0.2) is 9.59 Å². The molecule has 0 saturated carbocycles. The number of fused-ring (bicyclic) bond motifs is 2. The quantitative estimate of drug-likeness (QED) is 0.418. The molecule has 3 amide bonds. The van der Waals surface area contributed by atoms with Crippen LogP contribution in [0.15, 0.2) is 45.6 Å². The zero-order chi connectivity index (χ0) is 24.1. The van der Waals surface area contributed by atoms with E-state index in [0.717, 1.165) is 28.9 Å². The maximum absolute atomic E-state index is 13.7. The summed E-state index contributed by atoms with van der Waals surface area (Å²) in [7, 11) is 2.79. The van der Waals surface area contributed by atoms with Crippen LogP contribution in [0.2, 0.25) is 5.02 Å². The first kappa shape index (κ1) is 22.2. The minimum Gasteiger partial charge on any atom is -0.468 e. The van der Waals surface area contributed by atoms with Gasteiger partial charge in [0.05, 0.1) is 25.2 Å². The fourth-order valence-corrected chi connectivity index (χ4v) is 5.17. The van der Waals surface area contributed by atoms with Crippen LogP contribution in [0, 0.1) is 5.92 Å². The van der Waals surface area contributed by atoms with Crippen molar-refractivity contribution >= 4 is 46.3 Å². The summed E-state index contributed by atoms with van der Waals surface area (Å²) >= 11 is 6.40. The first-order valence-electron chi connectivity index (χ1n) is 10.9. The molecule has 0 N–H and O–H groups in total. The van der Waals surface area contributed by atoms with Crippen molar-refractivity contribution in [3.63, 3.8) is 0 Å². The lowest BCUT2D eigenvalue weighted by Gasteiger charge is -2.42. The third-order valence-electron chi connectivity index (χ3n) is 6.64. The van der Waals surface area contributed by atoms with E-state index in [9.17, 15) is 19.2 Å². The Morgan fingerprint density at radius 1 is 1.18 bits per heavy atom. The second kappa shape index (κ2) is 8.32. The number of hydrogen-bond acceptors (Lipinski definition) is 6. The van der Waals surface area contributed by atoms with Gasteiger partial charge in [0.15, 0.2) is 11.5 Å². The zero-order valence-corrected chi connectivity index (χ0v) is 19.4. The molecular weight excluding hydrogens is 462 g/mol. The standard InChI is InChI=1S/C24H22ClN3O6/c1-26-19-10-9-13(11-20(19)34-24(26)32)27-12-16(22(30)33-2)21(29)28(23(27)31)18-8-4-5-14-15(18)6-3-7-17(14)25/h3,6-7,9-11,16,18H,4-5,8,12H2,1-2H3. The van der Waals surface area contributed by atoms with Gasteiger partial charge in [0, 0.05) is 23.8 Å². The number of hydrogen-bond donors (Lipinski definition) is 0. The SMILES string of the molecule is COC(=O)C1CN(c2ccc3c(c2)oc(=O)n3C)C(=O)N(C2CCCc3c(Cl)cccc32)C1=O. The molecule has 0 spiro atoms. The van der Waals surface area contributed by atoms with Gasteiger partial charge in [-0.1, -0.05) is 23.7 Å². The second-order valence-electron chi connectivity index (χ2n) is 8.47. The summed E-state index contributed by atoms with van der Waals surface area (Å²) < 4.78 is 11.5. The van der Waals surface area contributed by atoms with Gasteiger partial charge in [-0.05, 0) is 48.6 Å². The molecule has 9 nitrogen and oxygen atoms in total. The molecular formula is C24H22ClN3O6. The van der Waals surface area contributed by atoms with Crippen molar-refractivity contribution in [2.45, 2.75) is 25.3 Å². The molecule has 1 saturated heterocycles. The van der Waals surface area contributed by atoms with Crippen molar-refractivity contribution in [1.82, 2.24) is 9.47 Å². The lowest BCUT2D eigenvalue weighted by atomic mass is 9.85. The number of rotatable bonds is 3. The third-order valence-corrected chi connectivity index (χ3v) is 7.00. The van der Waals surface area contributed by atoms with Crippen LogP contribution in [-0.4, -0.2) is 41.0 Å². The van der Waals surface area contributed by atoms with Crippen molar-refractivity contribution in [1.29, 1.82) is 0 Å². The van der Waals surface area contributed by atoms with Crippen LogP contribution in [0.3, 0.4) is 0 Å². The summed E-state index contributed by atoms with van der Waals surface area (Å²) in [6.45, 7) is -0.182. The highest BCUT2D eigenvalue weighted by atomic mass is 35.5. The van der Waals surface area contributed by atoms with E-state index in [0.29, 0.717) is 28.2 Å². The number of amides is 3. The average Bonchev–Trinajstić information content (AvgIpc) is 3.12. The topological polar surface area (TPSA) is 102 Å². The predicted molar refractivity (Wildman–Crippen MR) is 124 cm³/mol. The van der Waals surface area contributed by atoms with Crippen LogP contribution in [-0.2, 0) is 27.8 Å². The Morgan fingerprint density at radius 3 is 2.74 bits per heavy atom. The normalized spacial score (nSPS) is 20.6. The molecule has 5 rings (SSSR count). The number of esters is 1. The number of ether oxygens (including phenoxy) is 1. The number of nitrogens with zero attached hydrogens (tertiary/aromatic N) is 3. The van der Waals surface area contributed by atoms with E-state index in [1.807, 2.05) is 6.07 Å². The molecule has 2 aliphatic rings. The molecule has 1 fully saturated rings. The van der Waals surface area contributed by atoms with E-state index >= 15 is 0 Å². The van der Waals surface area contributed by atoms with Crippen molar-refractivity contribution in [2.24, 2.45) is 13.0 Å². The largest absolute Gasteiger partial charge is 0.468 e. The van der Waals surface area contributed by atoms with E-state index in [2.05, 4.69) is 0 Å². The fourth-order valence-electron chi connectivity index (χ4n) is 4.89. The lowest BCUT2D eigenvalue weighted by Crippen LogP contribution is -2.60. The number of carbonyl (C=O) groups is 3. The Bertz CT molecular complexity index is 1390. The molecule has 34 heavy (non-hydrogen) atoms. The smallest absolute Gasteiger partial charge is 0.419 e. The predicted octanol–water partition coefficient (Wildman–Crippen LogP) is 3.42. The summed E-state index contributed by atoms with van der Waals surface area (Å²) in [5, 5.41) is 0.588. The van der Waals surface area contributed by atoms with E-state index in [1.54, 1.807) is 37.4 Å². The van der Waals surface area contributed by atoms with Crippen LogP contribution >= 0.6 is 11.6 Å². The van der Waals surface area contributed by atoms with E-state index in [-0.39, 0.29) is 6.54 Å². The highest BCUT2D eigenvalue weighted by Gasteiger charge is 2.48. The number of carbonyl (C=O) groups excluding carboxylic acids is 3. The second-order valence-corrected chi connectivity index (χ2v) is 8.88. The molecule has 2 aromatic carbocycles. The number of oxazole rings is 1. The van der Waals surface area contributed by atoms with E-state index < -0.39 is 35.6 Å². The Kier molecular flexibility index (Phi) is 5.44. The van der Waals surface area contributed by atoms with Crippen LogP contribution in [0.5, 0.6) is 0 Å². The van der Waals surface area contributed by atoms with Crippen LogP contribution in [0.25, 0.3) is 11.1 Å². The van der Waals surface area contributed by atoms with Crippen molar-refractivity contribution < 1.29 is 23.5 Å². The summed E-state index contributed by atoms with van der Waals surface area (Å²) in [6, 6.07) is 9.20. The molecule has 0 radical (unpaired) electrons. The van der Waals surface area contributed by atoms with Crippen molar-refractivity contribution in [2.75, 3.05) is 18.6 Å². The molecule has 0 bridgehead atoms. The average molecular weight is 484 g/mol. The first-order chi connectivity index (χ1) is 16.3. The van der Waals surface area contributed by atoms with Gasteiger partial charge in [-0.2, -0.15) is 0 Å². The third kappa shape index (κ3) is 3.38. The lowest BCUT2D eigenvalue weighted by molar-refractivity contribution is -0.153. The van der Waals surface area contributed by atoms with E-state index in [4.69, 9.17) is 20.8 Å². The maximum Gasteiger partial charge on any atom is 0.419 e. The summed E-state index contributed by atoms with van der Waals surface area (Å²) in [5.74, 6) is -3.04. The number of imide groups is 1. The molecule has 1 aliphatic heterocycles. The summed E-state index contributed by atoms with van der Waals surface area (Å²) in [6.07, 6.45) is 2.04. The Balaban J connectivity index is 1.61. The number of aryl methyl sites for hydroxylation is 1. The summed E-state index contributed by atoms with van der Waals surface area (Å²) in [5.41, 5.74) is 2.97. The number of halogens is 1. The van der Waals surface area contributed by atoms with Gasteiger partial charge in [0.2, 0.25) is 5.91 Å². The Hall–Kier alpha value is -3.59. The fraction of sp³-hybridized carbons (Fsp3) is 0.333. The zero-order valence-electron chi connectivity index (χ0n) is 18.6. The van der Waals surface area contributed by atoms with Gasteiger partial charge in [0.25, 0.3) is 0 Å². The van der Waals surface area contributed by atoms with Crippen LogP contribution in [0.4, 0.5) is 10.5 Å². The molecule has 1 aliphatic carbocycles. The maximum atomic E-state index is 13.7. The van der Waals surface area contributed by atoms with Crippen LogP contribution < -0.4 is 10.7 Å². The molecule has 3 aromatic rings. The molecule has 2 unspecified atom stereocenters. The van der Waals surface area contributed by atoms with Crippen molar-refractivity contribution in [3.8, 4) is 0 Å². The number of benzene rings is 2. The highest BCUT2D eigenvalue weighted by molar-refractivity contribution is 6.31. The minimum absolute atomic E-state index is 0.182. The minimum atomic E-state index is -1.19.